The summed E-state index contributed by atoms with van der Waals surface area (Å²) in [5.74, 6) is -0.724. The van der Waals surface area contributed by atoms with Crippen molar-refractivity contribution < 1.29 is 18.7 Å². The van der Waals surface area contributed by atoms with E-state index in [-0.39, 0.29) is 11.7 Å². The highest BCUT2D eigenvalue weighted by atomic mass is 35.5. The van der Waals surface area contributed by atoms with Gasteiger partial charge >= 0.3 is 5.97 Å². The van der Waals surface area contributed by atoms with Gasteiger partial charge in [0, 0.05) is 16.1 Å². The molecule has 0 aliphatic carbocycles. The van der Waals surface area contributed by atoms with Gasteiger partial charge in [-0.25, -0.2) is 4.79 Å². The van der Waals surface area contributed by atoms with E-state index in [9.17, 15) is 9.59 Å². The molecule has 1 amide bonds. The molecule has 0 aliphatic heterocycles. The quantitative estimate of drug-likeness (QED) is 0.775. The molecule has 1 N–H and O–H groups in total. The van der Waals surface area contributed by atoms with E-state index >= 15 is 0 Å². The molecular weight excluding hydrogens is 365 g/mol. The summed E-state index contributed by atoms with van der Waals surface area (Å²) < 4.78 is 10.6. The van der Waals surface area contributed by atoms with Crippen LogP contribution in [-0.2, 0) is 9.53 Å². The van der Waals surface area contributed by atoms with E-state index in [4.69, 9.17) is 32.4 Å². The third kappa shape index (κ3) is 5.25. The van der Waals surface area contributed by atoms with Gasteiger partial charge < -0.3 is 14.5 Å². The molecule has 0 radical (unpaired) electrons. The molecule has 0 aliphatic rings. The molecule has 134 valence electrons. The normalized spacial score (nSPS) is 12.6. The van der Waals surface area contributed by atoms with Gasteiger partial charge in [-0.1, -0.05) is 23.2 Å². The maximum atomic E-state index is 12.2. The second-order valence-electron chi connectivity index (χ2n) is 6.57. The van der Waals surface area contributed by atoms with Gasteiger partial charge in [-0.3, -0.25) is 4.79 Å². The highest BCUT2D eigenvalue weighted by Crippen LogP contribution is 2.31. The van der Waals surface area contributed by atoms with Gasteiger partial charge in [0.1, 0.15) is 5.76 Å². The van der Waals surface area contributed by atoms with E-state index in [1.807, 2.05) is 20.8 Å². The van der Waals surface area contributed by atoms with E-state index in [1.165, 1.54) is 13.0 Å². The minimum atomic E-state index is -0.945. The number of hydrogen-bond donors (Lipinski definition) is 1. The Morgan fingerprint density at radius 3 is 2.44 bits per heavy atom. The van der Waals surface area contributed by atoms with E-state index in [0.29, 0.717) is 21.4 Å². The number of esters is 1. The summed E-state index contributed by atoms with van der Waals surface area (Å²) in [5, 5.41) is 3.64. The van der Waals surface area contributed by atoms with E-state index in [2.05, 4.69) is 5.32 Å². The highest BCUT2D eigenvalue weighted by molar-refractivity contribution is 6.36. The first-order chi connectivity index (χ1) is 11.6. The van der Waals surface area contributed by atoms with Crippen LogP contribution in [0.25, 0.3) is 11.3 Å². The number of halogens is 2. The van der Waals surface area contributed by atoms with Crippen LogP contribution in [0.4, 0.5) is 0 Å². The minimum Gasteiger partial charge on any atom is -0.449 e. The molecule has 1 heterocycles. The Morgan fingerprint density at radius 1 is 1.16 bits per heavy atom. The summed E-state index contributed by atoms with van der Waals surface area (Å²) in [7, 11) is 0. The van der Waals surface area contributed by atoms with Crippen molar-refractivity contribution in [1.29, 1.82) is 0 Å². The van der Waals surface area contributed by atoms with Crippen molar-refractivity contribution in [2.75, 3.05) is 0 Å². The van der Waals surface area contributed by atoms with Crippen molar-refractivity contribution in [3.05, 3.63) is 46.1 Å². The monoisotopic (exact) mass is 383 g/mol. The molecule has 2 rings (SSSR count). The van der Waals surface area contributed by atoms with Crippen LogP contribution in [0.2, 0.25) is 10.0 Å². The fraction of sp³-hybridized carbons (Fsp3) is 0.333. The zero-order valence-corrected chi connectivity index (χ0v) is 15.9. The number of rotatable bonds is 4. The number of amides is 1. The Bertz CT molecular complexity index is 793. The number of furan rings is 1. The van der Waals surface area contributed by atoms with Crippen molar-refractivity contribution in [3.63, 3.8) is 0 Å². The zero-order valence-electron chi connectivity index (χ0n) is 14.4. The van der Waals surface area contributed by atoms with Gasteiger partial charge in [-0.15, -0.1) is 0 Å². The van der Waals surface area contributed by atoms with E-state index in [0.717, 1.165) is 0 Å². The van der Waals surface area contributed by atoms with Crippen LogP contribution in [0.15, 0.2) is 34.7 Å². The van der Waals surface area contributed by atoms with Crippen LogP contribution < -0.4 is 5.32 Å². The molecule has 0 saturated carbocycles. The molecule has 0 unspecified atom stereocenters. The molecule has 1 aromatic heterocycles. The molecular formula is C18H19Cl2NO4. The molecule has 7 heteroatoms. The molecule has 0 fully saturated rings. The summed E-state index contributed by atoms with van der Waals surface area (Å²) in [6.07, 6.45) is -0.945. The van der Waals surface area contributed by atoms with Crippen LogP contribution in [0.3, 0.4) is 0 Å². The summed E-state index contributed by atoms with van der Waals surface area (Å²) in [6, 6.07) is 8.01. The van der Waals surface area contributed by atoms with Crippen LogP contribution in [-0.4, -0.2) is 23.5 Å². The summed E-state index contributed by atoms with van der Waals surface area (Å²) in [4.78, 5) is 24.1. The molecule has 0 spiro atoms. The number of ether oxygens (including phenoxy) is 1. The number of nitrogens with one attached hydrogen (secondary N) is 1. The van der Waals surface area contributed by atoms with Gasteiger partial charge in [0.2, 0.25) is 5.76 Å². The van der Waals surface area contributed by atoms with Crippen molar-refractivity contribution in [2.45, 2.75) is 39.3 Å². The minimum absolute atomic E-state index is 0.0172. The van der Waals surface area contributed by atoms with Gasteiger partial charge in [-0.05, 0) is 58.0 Å². The van der Waals surface area contributed by atoms with Gasteiger partial charge in [0.05, 0.1) is 5.02 Å². The summed E-state index contributed by atoms with van der Waals surface area (Å²) in [5.41, 5.74) is 0.185. The van der Waals surface area contributed by atoms with Crippen LogP contribution in [0, 0.1) is 0 Å². The van der Waals surface area contributed by atoms with Gasteiger partial charge in [0.15, 0.2) is 6.10 Å². The number of carbonyl (C=O) groups excluding carboxylic acids is 2. The highest BCUT2D eigenvalue weighted by Gasteiger charge is 2.24. The fourth-order valence-electron chi connectivity index (χ4n) is 2.03. The predicted molar refractivity (Wildman–Crippen MR) is 96.9 cm³/mol. The molecule has 0 saturated heterocycles. The third-order valence-electron chi connectivity index (χ3n) is 3.16. The fourth-order valence-corrected chi connectivity index (χ4v) is 2.53. The van der Waals surface area contributed by atoms with Crippen molar-refractivity contribution in [1.82, 2.24) is 5.32 Å². The summed E-state index contributed by atoms with van der Waals surface area (Å²) in [6.45, 7) is 7.02. The lowest BCUT2D eigenvalue weighted by Crippen LogP contribution is -2.46. The predicted octanol–water partition coefficient (Wildman–Crippen LogP) is 4.71. The second kappa shape index (κ2) is 7.50. The van der Waals surface area contributed by atoms with Crippen molar-refractivity contribution in [3.8, 4) is 11.3 Å². The standard InChI is InChI=1S/C18H19Cl2NO4/c1-10(16(22)21-18(2,3)4)24-17(23)15-8-7-14(25-15)12-6-5-11(19)9-13(12)20/h5-10H,1-4H3,(H,21,22)/t10-/m1/s1. The van der Waals surface area contributed by atoms with Gasteiger partial charge in [-0.2, -0.15) is 0 Å². The maximum absolute atomic E-state index is 12.2. The third-order valence-corrected chi connectivity index (χ3v) is 3.70. The number of carbonyl (C=O) groups is 2. The zero-order chi connectivity index (χ0) is 18.8. The van der Waals surface area contributed by atoms with Crippen LogP contribution in [0.1, 0.15) is 38.2 Å². The Morgan fingerprint density at radius 2 is 1.84 bits per heavy atom. The number of hydrogen-bond acceptors (Lipinski definition) is 4. The Balaban J connectivity index is 2.09. The van der Waals surface area contributed by atoms with Gasteiger partial charge in [0.25, 0.3) is 5.91 Å². The molecule has 1 atom stereocenters. The van der Waals surface area contributed by atoms with Crippen LogP contribution in [0.5, 0.6) is 0 Å². The lowest BCUT2D eigenvalue weighted by atomic mass is 10.1. The molecule has 1 aromatic carbocycles. The molecule has 2 aromatic rings. The molecule has 25 heavy (non-hydrogen) atoms. The topological polar surface area (TPSA) is 68.5 Å². The summed E-state index contributed by atoms with van der Waals surface area (Å²) >= 11 is 12.0. The van der Waals surface area contributed by atoms with Crippen molar-refractivity contribution in [2.24, 2.45) is 0 Å². The molecule has 0 bridgehead atoms. The lowest BCUT2D eigenvalue weighted by Gasteiger charge is -2.22. The first-order valence-electron chi connectivity index (χ1n) is 7.65. The number of benzene rings is 1. The van der Waals surface area contributed by atoms with E-state index in [1.54, 1.807) is 24.3 Å². The van der Waals surface area contributed by atoms with Crippen LogP contribution >= 0.6 is 23.2 Å². The molecule has 5 nitrogen and oxygen atoms in total. The Hall–Kier alpha value is -1.98. The largest absolute Gasteiger partial charge is 0.449 e. The first kappa shape index (κ1) is 19.3. The average molecular weight is 384 g/mol. The Kier molecular flexibility index (Phi) is 5.80. The second-order valence-corrected chi connectivity index (χ2v) is 7.42. The smallest absolute Gasteiger partial charge is 0.375 e. The van der Waals surface area contributed by atoms with E-state index < -0.39 is 17.6 Å². The maximum Gasteiger partial charge on any atom is 0.375 e. The van der Waals surface area contributed by atoms with Crippen molar-refractivity contribution >= 4 is 35.1 Å². The Labute approximate surface area is 156 Å². The average Bonchev–Trinajstić information content (AvgIpc) is 2.95. The lowest BCUT2D eigenvalue weighted by molar-refractivity contribution is -0.130. The first-order valence-corrected chi connectivity index (χ1v) is 8.40. The SMILES string of the molecule is C[C@@H](OC(=O)c1ccc(-c2ccc(Cl)cc2Cl)o1)C(=O)NC(C)(C)C.